The van der Waals surface area contributed by atoms with E-state index in [1.165, 1.54) is 11.3 Å². The maximum absolute atomic E-state index is 9.55. The molecule has 0 bridgehead atoms. The monoisotopic (exact) mass is 387 g/mol. The third kappa shape index (κ3) is 3.39. The van der Waals surface area contributed by atoms with Crippen LogP contribution in [0.3, 0.4) is 0 Å². The highest BCUT2D eigenvalue weighted by Crippen LogP contribution is 2.31. The maximum atomic E-state index is 9.55. The van der Waals surface area contributed by atoms with Gasteiger partial charge in [-0.15, -0.1) is 11.3 Å². The van der Waals surface area contributed by atoms with E-state index in [0.29, 0.717) is 16.3 Å². The first-order valence-corrected chi connectivity index (χ1v) is 9.52. The molecule has 0 radical (unpaired) electrons. The third-order valence-electron chi connectivity index (χ3n) is 4.50. The molecule has 4 aromatic rings. The lowest BCUT2D eigenvalue weighted by atomic mass is 10.1. The molecule has 0 unspecified atom stereocenters. The summed E-state index contributed by atoms with van der Waals surface area (Å²) in [7, 11) is 0. The van der Waals surface area contributed by atoms with Gasteiger partial charge in [0.15, 0.2) is 0 Å². The summed E-state index contributed by atoms with van der Waals surface area (Å²) in [6.45, 7) is 1.98. The fraction of sp³-hybridized carbons (Fsp3) is 0.0952. The molecule has 0 spiro atoms. The number of aliphatic hydroxyl groups excluding tert-OH is 1. The van der Waals surface area contributed by atoms with Crippen molar-refractivity contribution >= 4 is 45.8 Å². The van der Waals surface area contributed by atoms with E-state index in [4.69, 9.17) is 5.11 Å². The number of H-pyrrole nitrogens is 1. The largest absolute Gasteiger partial charge is 0.389 e. The van der Waals surface area contributed by atoms with Gasteiger partial charge in [-0.2, -0.15) is 5.26 Å². The second-order valence-corrected chi connectivity index (χ2v) is 7.17. The van der Waals surface area contributed by atoms with E-state index in [1.54, 1.807) is 12.4 Å². The molecule has 3 aromatic heterocycles. The number of aromatic nitrogens is 3. The predicted molar refractivity (Wildman–Crippen MR) is 112 cm³/mol. The van der Waals surface area contributed by atoms with Crippen LogP contribution in [0.15, 0.2) is 42.2 Å². The Labute approximate surface area is 165 Å². The van der Waals surface area contributed by atoms with E-state index in [-0.39, 0.29) is 6.61 Å². The summed E-state index contributed by atoms with van der Waals surface area (Å²) in [5, 5.41) is 25.8. The van der Waals surface area contributed by atoms with Gasteiger partial charge in [-0.3, -0.25) is 4.98 Å². The van der Waals surface area contributed by atoms with Crippen molar-refractivity contribution in [2.45, 2.75) is 13.5 Å². The highest BCUT2D eigenvalue weighted by molar-refractivity contribution is 7.09. The van der Waals surface area contributed by atoms with Crippen molar-refractivity contribution in [2.75, 3.05) is 5.32 Å². The number of hydrogen-bond acceptors (Lipinski definition) is 6. The first kappa shape index (κ1) is 17.9. The summed E-state index contributed by atoms with van der Waals surface area (Å²) >= 11 is 1.40. The molecule has 0 aliphatic carbocycles. The molecular formula is C21H17N5OS. The van der Waals surface area contributed by atoms with Gasteiger partial charge in [0.1, 0.15) is 11.1 Å². The number of nitrogens with one attached hydrogen (secondary N) is 2. The van der Waals surface area contributed by atoms with E-state index < -0.39 is 0 Å². The van der Waals surface area contributed by atoms with Crippen molar-refractivity contribution in [2.24, 2.45) is 0 Å². The quantitative estimate of drug-likeness (QED) is 0.465. The Hall–Kier alpha value is -3.47. The van der Waals surface area contributed by atoms with Crippen molar-refractivity contribution in [3.05, 3.63) is 69.6 Å². The molecule has 4 rings (SSSR count). The number of hydrogen-bond donors (Lipinski definition) is 3. The number of benzene rings is 1. The van der Waals surface area contributed by atoms with Crippen molar-refractivity contribution in [1.82, 2.24) is 15.0 Å². The molecular weight excluding hydrogens is 370 g/mol. The van der Waals surface area contributed by atoms with Gasteiger partial charge in [0, 0.05) is 46.1 Å². The van der Waals surface area contributed by atoms with Crippen LogP contribution in [0.5, 0.6) is 0 Å². The molecule has 28 heavy (non-hydrogen) atoms. The van der Waals surface area contributed by atoms with E-state index in [9.17, 15) is 5.26 Å². The minimum absolute atomic E-state index is 0.0717. The lowest BCUT2D eigenvalue weighted by Crippen LogP contribution is -1.99. The van der Waals surface area contributed by atoms with Crippen LogP contribution in [0.25, 0.3) is 23.1 Å². The molecule has 0 saturated heterocycles. The molecule has 0 aliphatic heterocycles. The van der Waals surface area contributed by atoms with E-state index in [1.807, 2.05) is 48.9 Å². The number of aromatic amines is 1. The number of pyridine rings is 1. The van der Waals surface area contributed by atoms with Crippen LogP contribution in [-0.4, -0.2) is 20.1 Å². The Kier molecular flexibility index (Phi) is 4.89. The summed E-state index contributed by atoms with van der Waals surface area (Å²) in [5.41, 5.74) is 5.80. The minimum Gasteiger partial charge on any atom is -0.389 e. The van der Waals surface area contributed by atoms with E-state index in [2.05, 4.69) is 26.3 Å². The van der Waals surface area contributed by atoms with Crippen LogP contribution >= 0.6 is 11.3 Å². The third-order valence-corrected chi connectivity index (χ3v) is 5.35. The second-order valence-electron chi connectivity index (χ2n) is 6.22. The van der Waals surface area contributed by atoms with Crippen LogP contribution in [0, 0.1) is 18.3 Å². The second kappa shape index (κ2) is 7.64. The molecule has 0 amide bonds. The highest BCUT2D eigenvalue weighted by atomic mass is 32.1. The minimum atomic E-state index is -0.0717. The van der Waals surface area contributed by atoms with Crippen molar-refractivity contribution < 1.29 is 5.11 Å². The number of nitriles is 1. The summed E-state index contributed by atoms with van der Waals surface area (Å²) in [6, 6.07) is 8.25. The van der Waals surface area contributed by atoms with Crippen molar-refractivity contribution in [3.63, 3.8) is 0 Å². The molecule has 0 atom stereocenters. The summed E-state index contributed by atoms with van der Waals surface area (Å²) in [4.78, 5) is 11.7. The summed E-state index contributed by atoms with van der Waals surface area (Å²) in [6.07, 6.45) is 8.90. The Bertz CT molecular complexity index is 1220. The van der Waals surface area contributed by atoms with Crippen molar-refractivity contribution in [1.29, 1.82) is 5.26 Å². The lowest BCUT2D eigenvalue weighted by molar-refractivity contribution is 0.281. The van der Waals surface area contributed by atoms with Gasteiger partial charge in [0.05, 0.1) is 23.6 Å². The number of rotatable bonds is 5. The zero-order chi connectivity index (χ0) is 19.5. The Balaban J connectivity index is 1.73. The Morgan fingerprint density at radius 3 is 2.96 bits per heavy atom. The number of aliphatic hydroxyl groups is 1. The number of thiazole rings is 1. The van der Waals surface area contributed by atoms with Gasteiger partial charge in [-0.1, -0.05) is 0 Å². The molecule has 3 N–H and O–H groups in total. The SMILES string of the molecule is Cc1c(Nc2c(C#N)cncc2/C=C/c2csc(CO)n2)ccc2[nH]ccc12. The van der Waals surface area contributed by atoms with Crippen LogP contribution in [0.1, 0.15) is 27.4 Å². The van der Waals surface area contributed by atoms with E-state index >= 15 is 0 Å². The molecule has 7 heteroatoms. The molecule has 6 nitrogen and oxygen atoms in total. The zero-order valence-electron chi connectivity index (χ0n) is 15.1. The maximum Gasteiger partial charge on any atom is 0.119 e. The molecule has 1 aromatic carbocycles. The average molecular weight is 387 g/mol. The first-order valence-electron chi connectivity index (χ1n) is 8.64. The van der Waals surface area contributed by atoms with Crippen LogP contribution < -0.4 is 5.32 Å². The van der Waals surface area contributed by atoms with Crippen LogP contribution in [0.2, 0.25) is 0 Å². The number of anilines is 2. The fourth-order valence-corrected chi connectivity index (χ4v) is 3.65. The predicted octanol–water partition coefficient (Wildman–Crippen LogP) is 4.61. The molecule has 0 aliphatic rings. The van der Waals surface area contributed by atoms with Gasteiger partial charge < -0.3 is 15.4 Å². The molecule has 0 fully saturated rings. The molecule has 3 heterocycles. The normalized spacial score (nSPS) is 11.2. The summed E-state index contributed by atoms with van der Waals surface area (Å²) in [5.74, 6) is 0. The standard InChI is InChI=1S/C21H17N5OS/c1-13-17-6-7-24-19(17)5-4-18(13)26-21-14(9-23-10-15(21)8-22)2-3-16-12-28-20(11-27)25-16/h2-7,9-10,12,24,27H,11H2,1H3,(H,23,26)/b3-2+. The van der Waals surface area contributed by atoms with Gasteiger partial charge in [-0.25, -0.2) is 4.98 Å². The number of fused-ring (bicyclic) bond motifs is 1. The number of nitrogens with zero attached hydrogens (tertiary/aromatic N) is 3. The zero-order valence-corrected chi connectivity index (χ0v) is 15.9. The highest BCUT2D eigenvalue weighted by Gasteiger charge is 2.11. The van der Waals surface area contributed by atoms with Crippen molar-refractivity contribution in [3.8, 4) is 6.07 Å². The Morgan fingerprint density at radius 1 is 1.29 bits per heavy atom. The summed E-state index contributed by atoms with van der Waals surface area (Å²) < 4.78 is 0. The number of aryl methyl sites for hydroxylation is 1. The van der Waals surface area contributed by atoms with Gasteiger partial charge >= 0.3 is 0 Å². The Morgan fingerprint density at radius 2 is 2.18 bits per heavy atom. The van der Waals surface area contributed by atoms with Crippen LogP contribution in [0.4, 0.5) is 11.4 Å². The smallest absolute Gasteiger partial charge is 0.119 e. The molecule has 138 valence electrons. The van der Waals surface area contributed by atoms with Crippen LogP contribution in [-0.2, 0) is 6.61 Å². The first-order chi connectivity index (χ1) is 13.7. The van der Waals surface area contributed by atoms with Gasteiger partial charge in [0.25, 0.3) is 0 Å². The van der Waals surface area contributed by atoms with Gasteiger partial charge in [-0.05, 0) is 42.8 Å². The fourth-order valence-electron chi connectivity index (χ4n) is 3.03. The topological polar surface area (TPSA) is 97.6 Å². The average Bonchev–Trinajstić information content (AvgIpc) is 3.38. The lowest BCUT2D eigenvalue weighted by Gasteiger charge is -2.14. The van der Waals surface area contributed by atoms with Gasteiger partial charge in [0.2, 0.25) is 0 Å². The van der Waals surface area contributed by atoms with E-state index in [0.717, 1.165) is 33.4 Å². The molecule has 0 saturated carbocycles.